The third-order valence-corrected chi connectivity index (χ3v) is 13.7. The van der Waals surface area contributed by atoms with E-state index in [0.29, 0.717) is 24.0 Å². The number of carboxylic acid groups (broad SMARTS) is 1. The molecule has 0 bridgehead atoms. The molecule has 0 aliphatic carbocycles. The van der Waals surface area contributed by atoms with Crippen LogP contribution in [0.15, 0.2) is 59.6 Å². The molecule has 14 N–H and O–H groups in total. The quantitative estimate of drug-likeness (QED) is 0.0324. The van der Waals surface area contributed by atoms with Crippen molar-refractivity contribution in [3.63, 3.8) is 0 Å². The van der Waals surface area contributed by atoms with Gasteiger partial charge in [0, 0.05) is 52.4 Å². The molecule has 26 nitrogen and oxygen atoms in total. The minimum absolute atomic E-state index is 0.00212. The normalized spacial score (nSPS) is 23.1. The summed E-state index contributed by atoms with van der Waals surface area (Å²) in [5.41, 5.74) is 12.1. The fourth-order valence-electron chi connectivity index (χ4n) is 9.35. The number of phenols is 1. The number of hydrogen-bond acceptors (Lipinski definition) is 13. The van der Waals surface area contributed by atoms with Crippen LogP contribution >= 0.6 is 0 Å². The van der Waals surface area contributed by atoms with E-state index in [9.17, 15) is 63.0 Å². The lowest BCUT2D eigenvalue weighted by Gasteiger charge is -2.35. The molecule has 2 aromatic carbocycles. The molecule has 0 unspecified atom stereocenters. The van der Waals surface area contributed by atoms with Crippen LogP contribution in [0.5, 0.6) is 5.75 Å². The van der Waals surface area contributed by atoms with Crippen LogP contribution in [0, 0.1) is 18.3 Å². The van der Waals surface area contributed by atoms with Crippen LogP contribution in [-0.2, 0) is 65.6 Å². The van der Waals surface area contributed by atoms with Gasteiger partial charge in [-0.05, 0) is 87.5 Å². The van der Waals surface area contributed by atoms with Crippen molar-refractivity contribution >= 4 is 71.0 Å². The second-order valence-corrected chi connectivity index (χ2v) is 20.8. The van der Waals surface area contributed by atoms with Crippen LogP contribution in [0.4, 0.5) is 0 Å². The number of hydrogen-bond donors (Lipinski definition) is 12. The molecule has 0 spiro atoms. The highest BCUT2D eigenvalue weighted by molar-refractivity contribution is 5.99. The first-order valence-corrected chi connectivity index (χ1v) is 27.4. The predicted molar refractivity (Wildman–Crippen MR) is 300 cm³/mol. The monoisotopic (exact) mass is 1140 g/mol. The number of carboxylic acids is 1. The van der Waals surface area contributed by atoms with Gasteiger partial charge in [0.1, 0.15) is 54.1 Å². The number of rotatable bonds is 19. The summed E-state index contributed by atoms with van der Waals surface area (Å²) < 4.78 is 0. The smallest absolute Gasteiger partial charge is 0.305 e. The lowest BCUT2D eigenvalue weighted by atomic mass is 10.0. The Labute approximate surface area is 476 Å². The van der Waals surface area contributed by atoms with E-state index in [1.165, 1.54) is 48.0 Å². The molecule has 82 heavy (non-hydrogen) atoms. The minimum Gasteiger partial charge on any atom is -0.508 e. The molecule has 2 fully saturated rings. The number of carbonyl (C=O) groups is 11. The molecule has 2 aliphatic heterocycles. The number of unbranched alkanes of at least 4 members (excludes halogenated alkanes) is 1. The highest BCUT2D eigenvalue weighted by Gasteiger charge is 2.42. The van der Waals surface area contributed by atoms with E-state index in [4.69, 9.17) is 17.9 Å². The summed E-state index contributed by atoms with van der Waals surface area (Å²) >= 11 is 0. The molecule has 2 aliphatic rings. The van der Waals surface area contributed by atoms with Crippen molar-refractivity contribution in [1.82, 2.24) is 52.3 Å². The van der Waals surface area contributed by atoms with E-state index < -0.39 is 120 Å². The molecule has 0 aromatic heterocycles. The van der Waals surface area contributed by atoms with Gasteiger partial charge in [0.2, 0.25) is 59.1 Å². The van der Waals surface area contributed by atoms with E-state index in [0.717, 1.165) is 0 Å². The fourth-order valence-corrected chi connectivity index (χ4v) is 9.35. The fraction of sp³-hybridized carbons (Fsp3) is 0.536. The van der Waals surface area contributed by atoms with Crippen LogP contribution in [0.25, 0.3) is 0 Å². The van der Waals surface area contributed by atoms with Crippen molar-refractivity contribution in [2.45, 2.75) is 153 Å². The Morgan fingerprint density at radius 1 is 0.744 bits per heavy atom. The first-order valence-electron chi connectivity index (χ1n) is 27.4. The Morgan fingerprint density at radius 3 is 2.02 bits per heavy atom. The van der Waals surface area contributed by atoms with E-state index in [2.05, 4.69) is 53.4 Å². The average Bonchev–Trinajstić information content (AvgIpc) is 3.95. The van der Waals surface area contributed by atoms with Crippen molar-refractivity contribution in [2.75, 3.05) is 33.2 Å². The molecule has 10 amide bonds. The topological polar surface area (TPSA) is 395 Å². The maximum absolute atomic E-state index is 14.9. The van der Waals surface area contributed by atoms with Crippen LogP contribution < -0.4 is 54.0 Å². The van der Waals surface area contributed by atoms with Crippen LogP contribution in [0.3, 0.4) is 0 Å². The lowest BCUT2D eigenvalue weighted by Crippen LogP contribution is -2.60. The van der Waals surface area contributed by atoms with Gasteiger partial charge < -0.3 is 74.0 Å². The third-order valence-electron chi connectivity index (χ3n) is 13.7. The van der Waals surface area contributed by atoms with Gasteiger partial charge in [-0.25, -0.2) is 0 Å². The van der Waals surface area contributed by atoms with Crippen molar-refractivity contribution in [2.24, 2.45) is 22.4 Å². The number of guanidine groups is 1. The van der Waals surface area contributed by atoms with E-state index in [-0.39, 0.29) is 107 Å². The summed E-state index contributed by atoms with van der Waals surface area (Å²) in [6.45, 7) is 4.26. The molecular formula is C56H79N13O13. The number of aliphatic carboxylic acids is 1. The summed E-state index contributed by atoms with van der Waals surface area (Å²) in [6, 6.07) is 3.27. The molecule has 446 valence electrons. The molecule has 0 radical (unpaired) electrons. The average molecular weight is 1140 g/mol. The highest BCUT2D eigenvalue weighted by atomic mass is 16.4. The second kappa shape index (κ2) is 33.1. The number of amides is 10. The number of carbonyl (C=O) groups excluding carboxylic acids is 10. The van der Waals surface area contributed by atoms with Gasteiger partial charge in [-0.15, -0.1) is 12.3 Å². The van der Waals surface area contributed by atoms with Crippen LogP contribution in [0.1, 0.15) is 103 Å². The Kier molecular flexibility index (Phi) is 26.5. The summed E-state index contributed by atoms with van der Waals surface area (Å²) in [5.74, 6) is -7.64. The molecule has 2 saturated heterocycles. The summed E-state index contributed by atoms with van der Waals surface area (Å²) in [6.07, 6.45) is 5.55. The van der Waals surface area contributed by atoms with Crippen molar-refractivity contribution < 1.29 is 63.0 Å². The van der Waals surface area contributed by atoms with Gasteiger partial charge in [0.05, 0.1) is 13.0 Å². The van der Waals surface area contributed by atoms with E-state index in [1.54, 1.807) is 44.2 Å². The van der Waals surface area contributed by atoms with Crippen molar-refractivity contribution in [3.8, 4) is 18.1 Å². The number of aliphatic imine (C=N–C) groups is 1. The number of likely N-dealkylation sites (N-methyl/N-ethyl adjacent to an activating group) is 1. The zero-order chi connectivity index (χ0) is 60.5. The van der Waals surface area contributed by atoms with Gasteiger partial charge in [-0.3, -0.25) is 57.7 Å². The molecule has 2 heterocycles. The number of fused-ring (bicyclic) bond motifs is 1. The van der Waals surface area contributed by atoms with E-state index in [1.807, 2.05) is 0 Å². The van der Waals surface area contributed by atoms with Gasteiger partial charge >= 0.3 is 5.97 Å². The number of benzene rings is 2. The Hall–Kier alpha value is -8.76. The number of nitrogens with zero attached hydrogens (tertiary/aromatic N) is 3. The Morgan fingerprint density at radius 2 is 1.37 bits per heavy atom. The largest absolute Gasteiger partial charge is 0.508 e. The maximum atomic E-state index is 14.9. The minimum atomic E-state index is -1.79. The number of nitrogens with one attached hydrogen (secondary N) is 8. The molecule has 8 atom stereocenters. The molecule has 26 heteroatoms. The Bertz CT molecular complexity index is 2640. The zero-order valence-electron chi connectivity index (χ0n) is 46.9. The van der Waals surface area contributed by atoms with Gasteiger partial charge in [0.25, 0.3) is 0 Å². The summed E-state index contributed by atoms with van der Waals surface area (Å²) in [5, 5.41) is 40.5. The predicted octanol–water partition coefficient (Wildman–Crippen LogP) is -1.67. The molecule has 0 saturated carbocycles. The zero-order valence-corrected chi connectivity index (χ0v) is 46.9. The van der Waals surface area contributed by atoms with Gasteiger partial charge in [0.15, 0.2) is 5.96 Å². The Balaban J connectivity index is 1.83. The first-order chi connectivity index (χ1) is 39.0. The van der Waals surface area contributed by atoms with E-state index >= 15 is 0 Å². The van der Waals surface area contributed by atoms with Gasteiger partial charge in [-0.2, -0.15) is 0 Å². The standard InChI is InChI=1S/C56H79N13O13/c1-6-7-20-45(71)59-25-12-11-18-43-53(80)66-40(29-35-15-9-8-10-16-35)51(78)64-38(17-13-26-60-56(57)58)49(76)61-32-46(72)63-41(31-47(73)74)52(79)65-39(28-33(2)3)50(77)62-34(4)48(75)67-42(30-36-21-23-37(70)24-22-36)54(81)69-27-14-19-44(69)55(82)68(43)5/h1,8-10,15-16,21-24,33-34,38-44,70H,7,11-14,17-20,25-32H2,2-5H3,(H,59,71)(H,61,76)(H,62,77)(H,63,72)(H,64,78)(H,65,79)(H,66,80)(H,67,75)(H,73,74)(H4,57,58,60)/t34-,38-,39-,40-,41-,42-,43-,44+/m0/s1. The van der Waals surface area contributed by atoms with Gasteiger partial charge in [-0.1, -0.05) is 56.3 Å². The number of nitrogens with two attached hydrogens (primary N) is 2. The molecule has 2 aromatic rings. The maximum Gasteiger partial charge on any atom is 0.305 e. The molecular weight excluding hydrogens is 1060 g/mol. The number of aromatic hydroxyl groups is 1. The summed E-state index contributed by atoms with van der Waals surface area (Å²) in [4.78, 5) is 160. The second-order valence-electron chi connectivity index (χ2n) is 20.8. The van der Waals surface area contributed by atoms with Crippen LogP contribution in [-0.4, -0.2) is 173 Å². The summed E-state index contributed by atoms with van der Waals surface area (Å²) in [7, 11) is 1.39. The highest BCUT2D eigenvalue weighted by Crippen LogP contribution is 2.24. The lowest BCUT2D eigenvalue weighted by molar-refractivity contribution is -0.148. The number of terminal acetylenes is 1. The van der Waals surface area contributed by atoms with Crippen LogP contribution in [0.2, 0.25) is 0 Å². The first kappa shape index (κ1) is 65.8. The van der Waals surface area contributed by atoms with Crippen molar-refractivity contribution in [1.29, 1.82) is 0 Å². The molecule has 4 rings (SSSR count). The van der Waals surface area contributed by atoms with Crippen molar-refractivity contribution in [3.05, 3.63) is 65.7 Å². The number of phenolic OH excluding ortho intramolecular Hbond substituents is 1. The third kappa shape index (κ3) is 21.7. The SMILES string of the molecule is C#CCCC(=O)NCCCC[C@H]1C(=O)N[C@@H](Cc2ccccc2)C(=O)N[C@@H](CCCN=C(N)N)C(=O)NCC(=O)N[C@@H](CC(=O)O)C(=O)N[C@@H](CC(C)C)C(=O)N[C@@H](C)C(=O)N[C@@H](Cc2ccc(O)cc2)C(=O)N2CCC[C@@H]2C(=O)N1C.